The minimum Gasteiger partial charge on any atom is -0.507 e. The number of aromatic nitrogens is 1. The van der Waals surface area contributed by atoms with Crippen LogP contribution in [-0.2, 0) is 0 Å². The Labute approximate surface area is 142 Å². The van der Waals surface area contributed by atoms with Gasteiger partial charge in [0, 0.05) is 30.9 Å². The molecule has 0 unspecified atom stereocenters. The van der Waals surface area contributed by atoms with Gasteiger partial charge in [0.1, 0.15) is 5.75 Å². The van der Waals surface area contributed by atoms with Gasteiger partial charge in [0.15, 0.2) is 5.96 Å². The molecule has 3 N–H and O–H groups in total. The number of carbonyl (C=O) groups excluding carboxylic acids is 1. The van der Waals surface area contributed by atoms with Crippen LogP contribution in [0.3, 0.4) is 0 Å². The molecule has 1 aliphatic rings. The van der Waals surface area contributed by atoms with E-state index in [-0.39, 0.29) is 28.0 Å². The molecular formula is C17H14FN5O2. The topological polar surface area (TPSA) is 110 Å². The SMILES string of the molecule is N#Cc1ccc(O)c(C(=O)NC2=NCCCN2)c1-c1ccnc(F)c1. The number of benzene rings is 1. The molecule has 0 aliphatic carbocycles. The number of halogens is 1. The van der Waals surface area contributed by atoms with E-state index in [2.05, 4.69) is 20.6 Å². The number of hydrogen-bond donors (Lipinski definition) is 3. The molecule has 1 aliphatic heterocycles. The van der Waals surface area contributed by atoms with E-state index in [0.29, 0.717) is 19.0 Å². The van der Waals surface area contributed by atoms with Crippen LogP contribution in [0, 0.1) is 17.3 Å². The summed E-state index contributed by atoms with van der Waals surface area (Å²) in [6.45, 7) is 1.25. The maximum absolute atomic E-state index is 13.5. The molecule has 0 fully saturated rings. The van der Waals surface area contributed by atoms with Gasteiger partial charge in [-0.3, -0.25) is 15.1 Å². The predicted octanol–water partition coefficient (Wildman–Crippen LogP) is 1.54. The van der Waals surface area contributed by atoms with Gasteiger partial charge in [-0.25, -0.2) is 4.98 Å². The molecule has 25 heavy (non-hydrogen) atoms. The lowest BCUT2D eigenvalue weighted by molar-refractivity contribution is 0.0973. The highest BCUT2D eigenvalue weighted by Gasteiger charge is 2.23. The first-order valence-corrected chi connectivity index (χ1v) is 7.58. The lowest BCUT2D eigenvalue weighted by Gasteiger charge is -2.17. The number of amides is 1. The Morgan fingerprint density at radius 3 is 2.92 bits per heavy atom. The fraction of sp³-hybridized carbons (Fsp3) is 0.176. The van der Waals surface area contributed by atoms with Crippen molar-refractivity contribution in [2.75, 3.05) is 13.1 Å². The third-order valence-electron chi connectivity index (χ3n) is 3.68. The molecule has 0 saturated carbocycles. The fourth-order valence-corrected chi connectivity index (χ4v) is 2.56. The monoisotopic (exact) mass is 339 g/mol. The van der Waals surface area contributed by atoms with Gasteiger partial charge in [-0.2, -0.15) is 9.65 Å². The summed E-state index contributed by atoms with van der Waals surface area (Å²) in [4.78, 5) is 20.3. The van der Waals surface area contributed by atoms with Crippen LogP contribution in [0.4, 0.5) is 4.39 Å². The quantitative estimate of drug-likeness (QED) is 0.719. The van der Waals surface area contributed by atoms with E-state index in [0.717, 1.165) is 12.5 Å². The lowest BCUT2D eigenvalue weighted by Crippen LogP contribution is -2.43. The second kappa shape index (κ2) is 6.97. The normalized spacial score (nSPS) is 13.4. The molecule has 7 nitrogen and oxygen atoms in total. The van der Waals surface area contributed by atoms with Crippen molar-refractivity contribution in [3.63, 3.8) is 0 Å². The fourth-order valence-electron chi connectivity index (χ4n) is 2.56. The van der Waals surface area contributed by atoms with Crippen LogP contribution in [0.15, 0.2) is 35.5 Å². The number of nitrogens with one attached hydrogen (secondary N) is 2. The van der Waals surface area contributed by atoms with Crippen LogP contribution in [-0.4, -0.2) is 35.0 Å². The Hall–Kier alpha value is -3.47. The molecular weight excluding hydrogens is 325 g/mol. The highest BCUT2D eigenvalue weighted by molar-refractivity contribution is 6.11. The van der Waals surface area contributed by atoms with E-state index in [9.17, 15) is 19.6 Å². The number of aromatic hydroxyl groups is 1. The van der Waals surface area contributed by atoms with E-state index in [4.69, 9.17) is 0 Å². The summed E-state index contributed by atoms with van der Waals surface area (Å²) in [5.41, 5.74) is 0.410. The number of guanidine groups is 1. The van der Waals surface area contributed by atoms with Crippen molar-refractivity contribution in [3.8, 4) is 22.9 Å². The van der Waals surface area contributed by atoms with E-state index in [1.165, 1.54) is 24.4 Å². The third-order valence-corrected chi connectivity index (χ3v) is 3.68. The summed E-state index contributed by atoms with van der Waals surface area (Å²) in [5.74, 6) is -1.42. The number of rotatable bonds is 2. The summed E-state index contributed by atoms with van der Waals surface area (Å²) < 4.78 is 13.5. The largest absolute Gasteiger partial charge is 0.507 e. The maximum atomic E-state index is 13.5. The van der Waals surface area contributed by atoms with E-state index in [1.54, 1.807) is 0 Å². The van der Waals surface area contributed by atoms with Crippen LogP contribution < -0.4 is 10.6 Å². The van der Waals surface area contributed by atoms with Crippen molar-refractivity contribution < 1.29 is 14.3 Å². The van der Waals surface area contributed by atoms with Gasteiger partial charge < -0.3 is 10.4 Å². The number of hydrogen-bond acceptors (Lipinski definition) is 6. The average molecular weight is 339 g/mol. The Morgan fingerprint density at radius 2 is 2.24 bits per heavy atom. The molecule has 2 heterocycles. The minimum atomic E-state index is -0.755. The van der Waals surface area contributed by atoms with Crippen molar-refractivity contribution >= 4 is 11.9 Å². The summed E-state index contributed by atoms with van der Waals surface area (Å²) in [6, 6.07) is 7.15. The highest BCUT2D eigenvalue weighted by Crippen LogP contribution is 2.33. The Balaban J connectivity index is 2.10. The van der Waals surface area contributed by atoms with Crippen LogP contribution in [0.1, 0.15) is 22.3 Å². The number of nitrogens with zero attached hydrogens (tertiary/aromatic N) is 3. The Morgan fingerprint density at radius 1 is 1.40 bits per heavy atom. The average Bonchev–Trinajstić information content (AvgIpc) is 2.62. The molecule has 0 radical (unpaired) electrons. The van der Waals surface area contributed by atoms with E-state index < -0.39 is 11.9 Å². The highest BCUT2D eigenvalue weighted by atomic mass is 19.1. The number of phenols is 1. The smallest absolute Gasteiger partial charge is 0.262 e. The Kier molecular flexibility index (Phi) is 4.57. The van der Waals surface area contributed by atoms with Crippen molar-refractivity contribution in [2.45, 2.75) is 6.42 Å². The summed E-state index contributed by atoms with van der Waals surface area (Å²) >= 11 is 0. The zero-order valence-electron chi connectivity index (χ0n) is 13.1. The summed E-state index contributed by atoms with van der Waals surface area (Å²) in [6.07, 6.45) is 2.08. The molecule has 0 atom stereocenters. The van der Waals surface area contributed by atoms with Gasteiger partial charge in [0.25, 0.3) is 5.91 Å². The first kappa shape index (κ1) is 16.4. The first-order chi connectivity index (χ1) is 12.1. The predicted molar refractivity (Wildman–Crippen MR) is 88.4 cm³/mol. The van der Waals surface area contributed by atoms with E-state index in [1.807, 2.05) is 6.07 Å². The zero-order valence-corrected chi connectivity index (χ0v) is 13.1. The van der Waals surface area contributed by atoms with Gasteiger partial charge in [-0.15, -0.1) is 0 Å². The molecule has 0 spiro atoms. The van der Waals surface area contributed by atoms with Gasteiger partial charge in [-0.1, -0.05) is 0 Å². The van der Waals surface area contributed by atoms with Crippen LogP contribution >= 0.6 is 0 Å². The molecule has 126 valence electrons. The molecule has 1 aromatic heterocycles. The number of phenolic OH excluding ortho intramolecular Hbond substituents is 1. The number of carbonyl (C=O) groups is 1. The Bertz CT molecular complexity index is 904. The summed E-state index contributed by atoms with van der Waals surface area (Å²) in [5, 5.41) is 25.1. The molecule has 8 heteroatoms. The van der Waals surface area contributed by atoms with Gasteiger partial charge in [-0.05, 0) is 30.2 Å². The molecule has 2 aromatic rings. The third kappa shape index (κ3) is 3.40. The van der Waals surface area contributed by atoms with Crippen molar-refractivity contribution in [2.24, 2.45) is 4.99 Å². The van der Waals surface area contributed by atoms with Crippen molar-refractivity contribution in [1.82, 2.24) is 15.6 Å². The molecule has 1 amide bonds. The van der Waals surface area contributed by atoms with E-state index >= 15 is 0 Å². The zero-order chi connectivity index (χ0) is 17.8. The van der Waals surface area contributed by atoms with Gasteiger partial charge in [0.2, 0.25) is 5.95 Å². The lowest BCUT2D eigenvalue weighted by atomic mass is 9.94. The molecule has 1 aromatic carbocycles. The minimum absolute atomic E-state index is 0.125. The summed E-state index contributed by atoms with van der Waals surface area (Å²) in [7, 11) is 0. The number of pyridine rings is 1. The standard InChI is InChI=1S/C17H14FN5O2/c18-13-8-10(4-7-20-13)14-11(9-19)2-3-12(24)15(14)16(25)23-17-21-5-1-6-22-17/h2-4,7-8,24H,1,5-6H2,(H2,21,22,23,25). The molecule has 0 saturated heterocycles. The van der Waals surface area contributed by atoms with Gasteiger partial charge >= 0.3 is 0 Å². The second-order valence-electron chi connectivity index (χ2n) is 5.33. The molecule has 0 bridgehead atoms. The first-order valence-electron chi connectivity index (χ1n) is 7.58. The van der Waals surface area contributed by atoms with Gasteiger partial charge in [0.05, 0.1) is 17.2 Å². The second-order valence-corrected chi connectivity index (χ2v) is 5.33. The van der Waals surface area contributed by atoms with Crippen molar-refractivity contribution in [3.05, 3.63) is 47.5 Å². The number of nitriles is 1. The van der Waals surface area contributed by atoms with Crippen LogP contribution in [0.25, 0.3) is 11.1 Å². The van der Waals surface area contributed by atoms with Crippen LogP contribution in [0.2, 0.25) is 0 Å². The van der Waals surface area contributed by atoms with Crippen molar-refractivity contribution in [1.29, 1.82) is 5.26 Å². The number of aliphatic imine (C=N–C) groups is 1. The maximum Gasteiger partial charge on any atom is 0.262 e. The molecule has 3 rings (SSSR count). The van der Waals surface area contributed by atoms with Crippen LogP contribution in [0.5, 0.6) is 5.75 Å².